The average molecular weight is 227 g/mol. The number of rotatable bonds is 0. The normalized spacial score (nSPS) is 18.4. The van der Waals surface area contributed by atoms with Crippen LogP contribution >= 0.6 is 0 Å². The van der Waals surface area contributed by atoms with E-state index in [4.69, 9.17) is 0 Å². The second-order valence-corrected chi connectivity index (χ2v) is 4.31. The van der Waals surface area contributed by atoms with Crippen molar-refractivity contribution in [1.29, 1.82) is 0 Å². The van der Waals surface area contributed by atoms with Crippen molar-refractivity contribution in [1.82, 2.24) is 9.80 Å². The lowest BCUT2D eigenvalue weighted by atomic mass is 10.1. The van der Waals surface area contributed by atoms with Crippen molar-refractivity contribution in [3.8, 4) is 0 Å². The lowest BCUT2D eigenvalue weighted by Gasteiger charge is -2.36. The van der Waals surface area contributed by atoms with E-state index in [1.807, 2.05) is 43.1 Å². The van der Waals surface area contributed by atoms with E-state index >= 15 is 0 Å². The number of carbonyl (C=O) groups excluding carboxylic acids is 1. The highest BCUT2D eigenvalue weighted by atomic mass is 16.2. The van der Waals surface area contributed by atoms with Gasteiger partial charge in [0.1, 0.15) is 0 Å². The number of guanidine groups is 1. The van der Waals surface area contributed by atoms with Crippen LogP contribution in [0.4, 0.5) is 5.69 Å². The Balaban J connectivity index is 2.14. The van der Waals surface area contributed by atoms with Crippen molar-refractivity contribution in [3.05, 3.63) is 41.6 Å². The van der Waals surface area contributed by atoms with Crippen molar-refractivity contribution < 1.29 is 4.79 Å². The zero-order chi connectivity index (χ0) is 12.0. The Morgan fingerprint density at radius 1 is 1.29 bits per heavy atom. The minimum Gasteiger partial charge on any atom is -0.319 e. The molecule has 0 spiro atoms. The molecule has 2 aliphatic rings. The molecule has 4 nitrogen and oxygen atoms in total. The molecule has 0 atom stereocenters. The number of allylic oxidation sites excluding steroid dienone is 1. The molecule has 0 saturated heterocycles. The van der Waals surface area contributed by atoms with Gasteiger partial charge in [0.15, 0.2) is 0 Å². The van der Waals surface area contributed by atoms with Gasteiger partial charge in [0.25, 0.3) is 5.91 Å². The number of carbonyl (C=O) groups is 1. The van der Waals surface area contributed by atoms with Gasteiger partial charge in [0, 0.05) is 18.8 Å². The maximum Gasteiger partial charge on any atom is 0.255 e. The van der Waals surface area contributed by atoms with E-state index in [0.29, 0.717) is 12.5 Å². The van der Waals surface area contributed by atoms with Gasteiger partial charge in [0.05, 0.1) is 12.2 Å². The summed E-state index contributed by atoms with van der Waals surface area (Å²) >= 11 is 0. The SMILES string of the molecule is CC1=CC(=O)N2Cc3ccccc3N=C2N1C. The fourth-order valence-electron chi connectivity index (χ4n) is 2.11. The minimum atomic E-state index is 0.00820. The van der Waals surface area contributed by atoms with Crippen LogP contribution in [0, 0.1) is 0 Å². The number of hydrogen-bond acceptors (Lipinski definition) is 3. The predicted octanol–water partition coefficient (Wildman–Crippen LogP) is 1.87. The Kier molecular flexibility index (Phi) is 2.04. The molecule has 0 saturated carbocycles. The lowest BCUT2D eigenvalue weighted by molar-refractivity contribution is -0.123. The first-order valence-corrected chi connectivity index (χ1v) is 5.57. The first-order valence-electron chi connectivity index (χ1n) is 5.57. The van der Waals surface area contributed by atoms with Crippen molar-refractivity contribution in [3.63, 3.8) is 0 Å². The molecule has 1 aromatic rings. The third-order valence-electron chi connectivity index (χ3n) is 3.21. The highest BCUT2D eigenvalue weighted by Gasteiger charge is 2.30. The molecule has 1 aromatic carbocycles. The number of aliphatic imine (C=N–C) groups is 1. The summed E-state index contributed by atoms with van der Waals surface area (Å²) < 4.78 is 0. The van der Waals surface area contributed by atoms with Gasteiger partial charge in [0.2, 0.25) is 5.96 Å². The molecule has 2 aliphatic heterocycles. The van der Waals surface area contributed by atoms with Crippen LogP contribution < -0.4 is 0 Å². The van der Waals surface area contributed by atoms with E-state index in [0.717, 1.165) is 16.9 Å². The first kappa shape index (κ1) is 10.1. The number of amides is 1. The van der Waals surface area contributed by atoms with E-state index in [2.05, 4.69) is 4.99 Å². The Morgan fingerprint density at radius 2 is 2.06 bits per heavy atom. The van der Waals surface area contributed by atoms with Gasteiger partial charge in [-0.25, -0.2) is 4.99 Å². The zero-order valence-electron chi connectivity index (χ0n) is 9.84. The maximum absolute atomic E-state index is 11.9. The molecule has 4 heteroatoms. The van der Waals surface area contributed by atoms with Crippen LogP contribution in [-0.4, -0.2) is 28.7 Å². The Hall–Kier alpha value is -2.10. The standard InChI is InChI=1S/C13H13N3O/c1-9-7-12(17)16-8-10-5-3-4-6-11(10)14-13(16)15(9)2/h3-7H,8H2,1-2H3. The van der Waals surface area contributed by atoms with Gasteiger partial charge in [-0.2, -0.15) is 0 Å². The van der Waals surface area contributed by atoms with Gasteiger partial charge < -0.3 is 4.90 Å². The molecule has 86 valence electrons. The summed E-state index contributed by atoms with van der Waals surface area (Å²) in [7, 11) is 1.93. The van der Waals surface area contributed by atoms with E-state index in [9.17, 15) is 4.79 Å². The fraction of sp³-hybridized carbons (Fsp3) is 0.231. The number of nitrogens with zero attached hydrogens (tertiary/aromatic N) is 3. The minimum absolute atomic E-state index is 0.00820. The number of hydrogen-bond donors (Lipinski definition) is 0. The van der Waals surface area contributed by atoms with E-state index in [1.54, 1.807) is 11.0 Å². The molecule has 0 aromatic heterocycles. The quantitative estimate of drug-likeness (QED) is 0.678. The number of fused-ring (bicyclic) bond motifs is 2. The van der Waals surface area contributed by atoms with E-state index < -0.39 is 0 Å². The molecule has 2 heterocycles. The third kappa shape index (κ3) is 1.45. The summed E-state index contributed by atoms with van der Waals surface area (Å²) in [6.45, 7) is 2.51. The number of para-hydroxylation sites is 1. The van der Waals surface area contributed by atoms with Crippen molar-refractivity contribution in [2.24, 2.45) is 4.99 Å². The Morgan fingerprint density at radius 3 is 2.88 bits per heavy atom. The monoisotopic (exact) mass is 227 g/mol. The third-order valence-corrected chi connectivity index (χ3v) is 3.21. The lowest BCUT2D eigenvalue weighted by Crippen LogP contribution is -2.48. The topological polar surface area (TPSA) is 35.9 Å². The van der Waals surface area contributed by atoms with E-state index in [-0.39, 0.29) is 5.91 Å². The van der Waals surface area contributed by atoms with Crippen LogP contribution in [0.2, 0.25) is 0 Å². The van der Waals surface area contributed by atoms with Crippen LogP contribution in [0.15, 0.2) is 41.0 Å². The van der Waals surface area contributed by atoms with Crippen molar-refractivity contribution >= 4 is 17.6 Å². The molecular formula is C13H13N3O. The van der Waals surface area contributed by atoms with Crippen molar-refractivity contribution in [2.75, 3.05) is 7.05 Å². The Labute approximate surface area is 99.9 Å². The molecule has 3 rings (SSSR count). The van der Waals surface area contributed by atoms with Crippen LogP contribution in [0.1, 0.15) is 12.5 Å². The summed E-state index contributed by atoms with van der Waals surface area (Å²) in [6.07, 6.45) is 1.65. The van der Waals surface area contributed by atoms with Crippen LogP contribution in [0.3, 0.4) is 0 Å². The zero-order valence-corrected chi connectivity index (χ0v) is 9.84. The highest BCUT2D eigenvalue weighted by molar-refractivity contribution is 6.07. The molecule has 0 bridgehead atoms. The van der Waals surface area contributed by atoms with Gasteiger partial charge in [-0.3, -0.25) is 9.69 Å². The molecule has 1 amide bonds. The summed E-state index contributed by atoms with van der Waals surface area (Å²) in [6, 6.07) is 7.92. The Bertz CT molecular complexity index is 560. The fourth-order valence-corrected chi connectivity index (χ4v) is 2.11. The average Bonchev–Trinajstić information content (AvgIpc) is 2.34. The van der Waals surface area contributed by atoms with Gasteiger partial charge in [-0.1, -0.05) is 18.2 Å². The van der Waals surface area contributed by atoms with Crippen molar-refractivity contribution in [2.45, 2.75) is 13.5 Å². The largest absolute Gasteiger partial charge is 0.319 e. The second kappa shape index (κ2) is 3.45. The van der Waals surface area contributed by atoms with Crippen LogP contribution in [0.25, 0.3) is 0 Å². The van der Waals surface area contributed by atoms with Crippen LogP contribution in [-0.2, 0) is 11.3 Å². The maximum atomic E-state index is 11.9. The first-order chi connectivity index (χ1) is 8.16. The molecule has 17 heavy (non-hydrogen) atoms. The number of benzene rings is 1. The predicted molar refractivity (Wildman–Crippen MR) is 65.6 cm³/mol. The van der Waals surface area contributed by atoms with Gasteiger partial charge in [-0.05, 0) is 18.6 Å². The summed E-state index contributed by atoms with van der Waals surface area (Å²) in [5.74, 6) is 0.725. The summed E-state index contributed by atoms with van der Waals surface area (Å²) in [4.78, 5) is 20.1. The molecular weight excluding hydrogens is 214 g/mol. The smallest absolute Gasteiger partial charge is 0.255 e. The molecule has 0 unspecified atom stereocenters. The second-order valence-electron chi connectivity index (χ2n) is 4.31. The summed E-state index contributed by atoms with van der Waals surface area (Å²) in [5, 5.41) is 0. The van der Waals surface area contributed by atoms with E-state index in [1.165, 1.54) is 0 Å². The molecule has 0 radical (unpaired) electrons. The molecule has 0 aliphatic carbocycles. The molecule has 0 fully saturated rings. The van der Waals surface area contributed by atoms with Crippen LogP contribution in [0.5, 0.6) is 0 Å². The van der Waals surface area contributed by atoms with Gasteiger partial charge >= 0.3 is 0 Å². The van der Waals surface area contributed by atoms with Gasteiger partial charge in [-0.15, -0.1) is 0 Å². The highest BCUT2D eigenvalue weighted by Crippen LogP contribution is 2.29. The molecule has 0 N–H and O–H groups in total. The summed E-state index contributed by atoms with van der Waals surface area (Å²) in [5.41, 5.74) is 2.96.